The van der Waals surface area contributed by atoms with E-state index < -0.39 is 0 Å². The van der Waals surface area contributed by atoms with Crippen molar-refractivity contribution < 1.29 is 0 Å². The van der Waals surface area contributed by atoms with Gasteiger partial charge in [0.15, 0.2) is 0 Å². The largest absolute Gasteiger partial charge is 0.310 e. The maximum atomic E-state index is 2.52. The Kier molecular flexibility index (Phi) is 6.98. The molecule has 268 valence electrons. The Morgan fingerprint density at radius 2 is 0.571 bits per heavy atom. The van der Waals surface area contributed by atoms with Crippen LogP contribution in [0.4, 0.5) is 34.1 Å². The van der Waals surface area contributed by atoms with Gasteiger partial charge >= 0.3 is 0 Å². The van der Waals surface area contributed by atoms with E-state index in [9.17, 15) is 0 Å². The molecule has 1 aliphatic carbocycles. The van der Waals surface area contributed by atoms with Crippen LogP contribution in [0.2, 0.25) is 0 Å². The molecule has 2 nitrogen and oxygen atoms in total. The average Bonchev–Trinajstić information content (AvgIpc) is 3.24. The molecule has 0 N–H and O–H groups in total. The first-order valence-corrected chi connectivity index (χ1v) is 19.8. The second-order valence-electron chi connectivity index (χ2n) is 16.5. The van der Waals surface area contributed by atoms with Gasteiger partial charge in [-0.1, -0.05) is 149 Å². The van der Waals surface area contributed by atoms with Crippen molar-refractivity contribution in [3.63, 3.8) is 0 Å². The number of hydrogen-bond acceptors (Lipinski definition) is 2. The molecule has 0 spiro atoms. The molecular weight excluding hydrogens is 677 g/mol. The smallest absolute Gasteiger partial charge is 0.0509 e. The first-order valence-electron chi connectivity index (χ1n) is 19.8. The molecule has 0 aromatic heterocycles. The Hall–Kier alpha value is -6.64. The van der Waals surface area contributed by atoms with Crippen LogP contribution in [0.5, 0.6) is 0 Å². The van der Waals surface area contributed by atoms with Gasteiger partial charge in [-0.25, -0.2) is 0 Å². The molecule has 0 saturated carbocycles. The predicted molar refractivity (Wildman–Crippen MR) is 235 cm³/mol. The number of rotatable bonds is 2. The van der Waals surface area contributed by atoms with Crippen molar-refractivity contribution >= 4 is 34.1 Å². The van der Waals surface area contributed by atoms with Crippen LogP contribution < -0.4 is 9.80 Å². The van der Waals surface area contributed by atoms with Crippen molar-refractivity contribution in [3.8, 4) is 44.5 Å². The van der Waals surface area contributed by atoms with Gasteiger partial charge in [-0.2, -0.15) is 0 Å². The van der Waals surface area contributed by atoms with Gasteiger partial charge in [-0.3, -0.25) is 0 Å². The van der Waals surface area contributed by atoms with Crippen LogP contribution in [0.1, 0.15) is 49.9 Å². The van der Waals surface area contributed by atoms with Crippen molar-refractivity contribution in [1.29, 1.82) is 0 Å². The monoisotopic (exact) mass is 718 g/mol. The summed E-state index contributed by atoms with van der Waals surface area (Å²) in [7, 11) is 0. The quantitative estimate of drug-likeness (QED) is 0.176. The third kappa shape index (κ3) is 4.56. The van der Waals surface area contributed by atoms with Gasteiger partial charge in [-0.15, -0.1) is 0 Å². The van der Waals surface area contributed by atoms with E-state index in [4.69, 9.17) is 0 Å². The molecule has 0 radical (unpaired) electrons. The van der Waals surface area contributed by atoms with Crippen molar-refractivity contribution in [2.45, 2.75) is 38.5 Å². The SMILES string of the molecule is CC1(C)c2ccccc2N(c2ccccc2)c2cc3c(cc21)-c1ccccc1-c1cc2c(cc1-c1ccccc1-3)C(C)(C)c1ccccc1N2c1ccccc1. The van der Waals surface area contributed by atoms with Crippen molar-refractivity contribution in [1.82, 2.24) is 0 Å². The Labute approximate surface area is 330 Å². The summed E-state index contributed by atoms with van der Waals surface area (Å²) in [6, 6.07) is 67.8. The summed E-state index contributed by atoms with van der Waals surface area (Å²) in [6.07, 6.45) is 0. The Morgan fingerprint density at radius 1 is 0.268 bits per heavy atom. The molecule has 0 amide bonds. The summed E-state index contributed by atoms with van der Waals surface area (Å²) in [5, 5.41) is 0. The van der Waals surface area contributed by atoms with Crippen molar-refractivity contribution in [2.75, 3.05) is 9.80 Å². The van der Waals surface area contributed by atoms with E-state index >= 15 is 0 Å². The summed E-state index contributed by atoms with van der Waals surface area (Å²) in [5.74, 6) is 0. The molecule has 11 rings (SSSR count). The summed E-state index contributed by atoms with van der Waals surface area (Å²) in [4.78, 5) is 4.96. The van der Waals surface area contributed by atoms with E-state index in [1.165, 1.54) is 101 Å². The minimum Gasteiger partial charge on any atom is -0.310 e. The molecule has 0 bridgehead atoms. The average molecular weight is 719 g/mol. The van der Waals surface area contributed by atoms with Gasteiger partial charge < -0.3 is 9.80 Å². The van der Waals surface area contributed by atoms with E-state index in [1.807, 2.05) is 0 Å². The van der Waals surface area contributed by atoms with Gasteiger partial charge in [0, 0.05) is 22.2 Å². The maximum absolute atomic E-state index is 2.52. The van der Waals surface area contributed by atoms with Crippen LogP contribution in [-0.2, 0) is 10.8 Å². The third-order valence-corrected chi connectivity index (χ3v) is 12.8. The molecule has 2 heteroatoms. The van der Waals surface area contributed by atoms with Crippen molar-refractivity contribution in [2.24, 2.45) is 0 Å². The van der Waals surface area contributed by atoms with Gasteiger partial charge in [0.05, 0.1) is 22.7 Å². The van der Waals surface area contributed by atoms with Gasteiger partial charge in [0.1, 0.15) is 0 Å². The maximum Gasteiger partial charge on any atom is 0.0509 e. The van der Waals surface area contributed by atoms with Crippen LogP contribution in [0.3, 0.4) is 0 Å². The zero-order valence-electron chi connectivity index (χ0n) is 32.2. The molecule has 0 saturated heterocycles. The van der Waals surface area contributed by atoms with E-state index in [0.29, 0.717) is 0 Å². The number of fused-ring (bicyclic) bond motifs is 12. The van der Waals surface area contributed by atoms with Crippen molar-refractivity contribution in [3.05, 3.63) is 204 Å². The summed E-state index contributed by atoms with van der Waals surface area (Å²) >= 11 is 0. The lowest BCUT2D eigenvalue weighted by Gasteiger charge is -2.43. The first-order chi connectivity index (χ1) is 27.3. The standard InChI is InChI=1S/C54H42N2/c1-53(2)45-27-15-17-29-49(45)55(35-19-7-5-8-20-35)51-33-43-40-26-14-12-24-38(40)42-32-48-52(34-44(42)39-25-13-11-23-37(39)41(43)31-47(51)53)56(36-21-9-6-10-22-36)50-30-18-16-28-46(50)54(48,3)4/h5-34H,1-4H3. The fraction of sp³-hybridized carbons (Fsp3) is 0.111. The number of anilines is 6. The van der Waals surface area contributed by atoms with E-state index in [0.717, 1.165) is 0 Å². The van der Waals surface area contributed by atoms with Gasteiger partial charge in [0.25, 0.3) is 0 Å². The lowest BCUT2D eigenvalue weighted by Crippen LogP contribution is -2.31. The molecule has 2 aliphatic heterocycles. The molecule has 0 fully saturated rings. The number of nitrogens with zero attached hydrogens (tertiary/aromatic N) is 2. The van der Waals surface area contributed by atoms with Crippen LogP contribution in [0.15, 0.2) is 182 Å². The summed E-state index contributed by atoms with van der Waals surface area (Å²) < 4.78 is 0. The van der Waals surface area contributed by atoms with Crippen LogP contribution in [0.25, 0.3) is 44.5 Å². The lowest BCUT2D eigenvalue weighted by atomic mass is 9.69. The number of para-hydroxylation sites is 4. The van der Waals surface area contributed by atoms with E-state index in [2.05, 4.69) is 219 Å². The fourth-order valence-corrected chi connectivity index (χ4v) is 10.00. The lowest BCUT2D eigenvalue weighted by molar-refractivity contribution is 0.632. The van der Waals surface area contributed by atoms with Crippen LogP contribution in [-0.4, -0.2) is 0 Å². The minimum absolute atomic E-state index is 0.227. The predicted octanol–water partition coefficient (Wildman–Crippen LogP) is 14.9. The highest BCUT2D eigenvalue weighted by Crippen LogP contribution is 2.59. The van der Waals surface area contributed by atoms with Crippen LogP contribution in [0, 0.1) is 0 Å². The normalized spacial score (nSPS) is 15.0. The van der Waals surface area contributed by atoms with E-state index in [1.54, 1.807) is 0 Å². The molecule has 8 aromatic rings. The topological polar surface area (TPSA) is 6.48 Å². The highest BCUT2D eigenvalue weighted by Gasteiger charge is 2.40. The van der Waals surface area contributed by atoms with Gasteiger partial charge in [0.2, 0.25) is 0 Å². The second kappa shape index (κ2) is 11.9. The third-order valence-electron chi connectivity index (χ3n) is 12.8. The second-order valence-corrected chi connectivity index (χ2v) is 16.5. The molecule has 3 aliphatic rings. The molecular formula is C54H42N2. The number of benzene rings is 8. The Morgan fingerprint density at radius 3 is 0.946 bits per heavy atom. The summed E-state index contributed by atoms with van der Waals surface area (Å²) in [6.45, 7) is 9.56. The Balaban J connectivity index is 1.23. The molecule has 56 heavy (non-hydrogen) atoms. The zero-order chi connectivity index (χ0) is 37.8. The van der Waals surface area contributed by atoms with Gasteiger partial charge in [-0.05, 0) is 127 Å². The first kappa shape index (κ1) is 32.8. The highest BCUT2D eigenvalue weighted by atomic mass is 15.2. The molecule has 8 aromatic carbocycles. The molecule has 2 heterocycles. The summed E-state index contributed by atoms with van der Waals surface area (Å²) in [5.41, 5.74) is 22.2. The van der Waals surface area contributed by atoms with E-state index in [-0.39, 0.29) is 10.8 Å². The molecule has 0 atom stereocenters. The molecule has 0 unspecified atom stereocenters. The zero-order valence-corrected chi connectivity index (χ0v) is 32.2. The highest BCUT2D eigenvalue weighted by molar-refractivity contribution is 6.07. The van der Waals surface area contributed by atoms with Crippen LogP contribution >= 0.6 is 0 Å². The minimum atomic E-state index is -0.227. The fourth-order valence-electron chi connectivity index (χ4n) is 10.00. The Bertz CT molecular complexity index is 2670. The number of hydrogen-bond donors (Lipinski definition) is 0.